The molecule has 0 N–H and O–H groups in total. The van der Waals surface area contributed by atoms with Gasteiger partial charge in [0.15, 0.2) is 6.10 Å². The van der Waals surface area contributed by atoms with Crippen LogP contribution in [0, 0.1) is 0 Å². The molecule has 0 aromatic carbocycles. The highest BCUT2D eigenvalue weighted by molar-refractivity contribution is 7.45. The summed E-state index contributed by atoms with van der Waals surface area (Å²) in [6, 6.07) is 0. The molecule has 2 unspecified atom stereocenters. The van der Waals surface area contributed by atoms with Crippen molar-refractivity contribution in [2.75, 3.05) is 47.5 Å². The maximum absolute atomic E-state index is 12.8. The Labute approximate surface area is 479 Å². The molecule has 2 atom stereocenters. The van der Waals surface area contributed by atoms with E-state index in [4.69, 9.17) is 18.5 Å². The van der Waals surface area contributed by atoms with Gasteiger partial charge in [-0.15, -0.1) is 0 Å². The van der Waals surface area contributed by atoms with Crippen LogP contribution in [-0.4, -0.2) is 70.0 Å². The van der Waals surface area contributed by atoms with E-state index in [1.54, 1.807) is 0 Å². The average Bonchev–Trinajstić information content (AvgIpc) is 3.39. The number of phosphoric ester groups is 1. The molecule has 0 heterocycles. The Hall–Kier alpha value is -1.51. The van der Waals surface area contributed by atoms with E-state index >= 15 is 0 Å². The first kappa shape index (κ1) is 75.5. The third-order valence-corrected chi connectivity index (χ3v) is 16.2. The lowest BCUT2D eigenvalue weighted by atomic mass is 10.0. The molecule has 0 aliphatic rings. The summed E-state index contributed by atoms with van der Waals surface area (Å²) in [5.41, 5.74) is 0. The fourth-order valence-electron chi connectivity index (χ4n) is 10.0. The van der Waals surface area contributed by atoms with E-state index in [2.05, 4.69) is 38.2 Å². The van der Waals surface area contributed by atoms with E-state index in [1.807, 2.05) is 21.1 Å². The van der Waals surface area contributed by atoms with Crippen LogP contribution in [0.4, 0.5) is 0 Å². The summed E-state index contributed by atoms with van der Waals surface area (Å²) < 4.78 is 34.3. The van der Waals surface area contributed by atoms with Crippen LogP contribution in [0.2, 0.25) is 0 Å². The molecule has 0 fully saturated rings. The number of hydrogen-bond donors (Lipinski definition) is 0. The Morgan fingerprint density at radius 3 is 1.03 bits per heavy atom. The summed E-state index contributed by atoms with van der Waals surface area (Å²) in [7, 11) is 1.18. The highest BCUT2D eigenvalue weighted by Gasteiger charge is 2.22. The summed E-state index contributed by atoms with van der Waals surface area (Å²) in [4.78, 5) is 38.0. The molecule has 0 aromatic rings. The number of unbranched alkanes of at least 4 members (excludes halogenated alkanes) is 45. The molecule has 456 valence electrons. The quantitative estimate of drug-likeness (QED) is 0.0195. The number of quaternary nitrogens is 1. The zero-order valence-corrected chi connectivity index (χ0v) is 52.8. The van der Waals surface area contributed by atoms with Crippen molar-refractivity contribution < 1.29 is 42.1 Å². The first-order valence-electron chi connectivity index (χ1n) is 33.5. The van der Waals surface area contributed by atoms with Crippen LogP contribution in [0.15, 0.2) is 24.3 Å². The second kappa shape index (κ2) is 59.1. The molecule has 10 heteroatoms. The molecule has 0 aromatic heterocycles. The molecule has 0 amide bonds. The van der Waals surface area contributed by atoms with Crippen molar-refractivity contribution in [3.8, 4) is 0 Å². The molecule has 0 rings (SSSR count). The van der Waals surface area contributed by atoms with Crippen molar-refractivity contribution >= 4 is 19.8 Å². The van der Waals surface area contributed by atoms with Gasteiger partial charge in [-0.2, -0.15) is 0 Å². The number of likely N-dealkylation sites (N-methyl/N-ethyl adjacent to an activating group) is 1. The van der Waals surface area contributed by atoms with Crippen LogP contribution in [0.1, 0.15) is 341 Å². The number of esters is 2. The van der Waals surface area contributed by atoms with Crippen molar-refractivity contribution in [3.05, 3.63) is 24.3 Å². The summed E-state index contributed by atoms with van der Waals surface area (Å²) in [5, 5.41) is 0. The number of carbonyl (C=O) groups is 2. The maximum Gasteiger partial charge on any atom is 0.306 e. The first-order valence-corrected chi connectivity index (χ1v) is 35.0. The Kier molecular flexibility index (Phi) is 58.0. The van der Waals surface area contributed by atoms with Gasteiger partial charge in [-0.3, -0.25) is 14.2 Å². The molecular weight excluding hydrogens is 978 g/mol. The zero-order chi connectivity index (χ0) is 56.3. The number of hydrogen-bond acceptors (Lipinski definition) is 8. The van der Waals surface area contributed by atoms with Crippen LogP contribution in [-0.2, 0) is 32.7 Å². The van der Waals surface area contributed by atoms with Crippen LogP contribution in [0.3, 0.4) is 0 Å². The van der Waals surface area contributed by atoms with Gasteiger partial charge in [0.2, 0.25) is 0 Å². The molecule has 0 saturated heterocycles. The molecule has 0 spiro atoms. The Morgan fingerprint density at radius 1 is 0.403 bits per heavy atom. The smallest absolute Gasteiger partial charge is 0.306 e. The van der Waals surface area contributed by atoms with Gasteiger partial charge in [0, 0.05) is 12.8 Å². The SMILES string of the molecule is CCCCCCC/C=C\C/C=C\CCCCCCCCCCCC(=O)OC(COC(=O)CCCCCCCCCCCCCCCCCCCCCCCCCCCCCCCCCC)COP(=O)([O-])OCC[N+](C)(C)C. The van der Waals surface area contributed by atoms with Gasteiger partial charge >= 0.3 is 11.9 Å². The lowest BCUT2D eigenvalue weighted by Crippen LogP contribution is -2.37. The highest BCUT2D eigenvalue weighted by Crippen LogP contribution is 2.38. The van der Waals surface area contributed by atoms with Crippen molar-refractivity contribution in [3.63, 3.8) is 0 Å². The van der Waals surface area contributed by atoms with E-state index in [-0.39, 0.29) is 32.0 Å². The second-order valence-corrected chi connectivity index (χ2v) is 25.6. The number of nitrogens with zero attached hydrogens (tertiary/aromatic N) is 1. The fourth-order valence-corrected chi connectivity index (χ4v) is 10.8. The number of ether oxygens (including phenoxy) is 2. The van der Waals surface area contributed by atoms with Crippen LogP contribution >= 0.6 is 7.82 Å². The van der Waals surface area contributed by atoms with E-state index in [1.165, 1.54) is 257 Å². The highest BCUT2D eigenvalue weighted by atomic mass is 31.2. The topological polar surface area (TPSA) is 111 Å². The third kappa shape index (κ3) is 63.5. The minimum atomic E-state index is -4.64. The van der Waals surface area contributed by atoms with Crippen LogP contribution in [0.25, 0.3) is 0 Å². The summed E-state index contributed by atoms with van der Waals surface area (Å²) in [5.74, 6) is -0.819. The zero-order valence-electron chi connectivity index (χ0n) is 51.9. The monoisotopic (exact) mass is 1110 g/mol. The number of phosphoric acid groups is 1. The fraction of sp³-hybridized carbons (Fsp3) is 0.910. The molecule has 0 aliphatic carbocycles. The summed E-state index contributed by atoms with van der Waals surface area (Å²) in [6.45, 7) is 4.29. The summed E-state index contributed by atoms with van der Waals surface area (Å²) >= 11 is 0. The predicted octanol–water partition coefficient (Wildman–Crippen LogP) is 20.7. The maximum atomic E-state index is 12.8. The Morgan fingerprint density at radius 2 is 0.701 bits per heavy atom. The lowest BCUT2D eigenvalue weighted by Gasteiger charge is -2.28. The average molecular weight is 1110 g/mol. The second-order valence-electron chi connectivity index (χ2n) is 24.2. The normalized spacial score (nSPS) is 13.3. The number of carbonyl (C=O) groups excluding carboxylic acids is 2. The van der Waals surface area contributed by atoms with Crippen molar-refractivity contribution in [1.29, 1.82) is 0 Å². The molecule has 0 saturated carbocycles. The molecule has 77 heavy (non-hydrogen) atoms. The minimum Gasteiger partial charge on any atom is -0.756 e. The van der Waals surface area contributed by atoms with Crippen LogP contribution < -0.4 is 4.89 Å². The number of allylic oxidation sites excluding steroid dienone is 4. The Bertz CT molecular complexity index is 1350. The van der Waals surface area contributed by atoms with E-state index < -0.39 is 26.5 Å². The molecule has 0 bridgehead atoms. The molecule has 0 aliphatic heterocycles. The van der Waals surface area contributed by atoms with Gasteiger partial charge in [0.25, 0.3) is 7.82 Å². The minimum absolute atomic E-state index is 0.0291. The van der Waals surface area contributed by atoms with Gasteiger partial charge in [0.05, 0.1) is 27.7 Å². The van der Waals surface area contributed by atoms with E-state index in [0.717, 1.165) is 51.4 Å². The standard InChI is InChI=1S/C67H130NO8P/c1-6-8-10-12-14-16-18-20-22-24-26-28-29-30-31-32-33-34-35-36-37-38-40-41-43-45-47-49-51-53-55-57-59-66(69)73-63-65(64-75-77(71,72)74-62-61-68(3,4)5)76-67(70)60-58-56-54-52-50-48-46-44-42-39-27-25-23-21-19-17-15-13-11-9-7-2/h19,21,25,27,65H,6-18,20,22-24,26,28-64H2,1-5H3/b21-19-,27-25-. The van der Waals surface area contributed by atoms with Crippen molar-refractivity contribution in [1.82, 2.24) is 0 Å². The Balaban J connectivity index is 3.98. The van der Waals surface area contributed by atoms with Crippen molar-refractivity contribution in [2.45, 2.75) is 347 Å². The third-order valence-electron chi connectivity index (χ3n) is 15.2. The van der Waals surface area contributed by atoms with E-state index in [9.17, 15) is 19.0 Å². The van der Waals surface area contributed by atoms with Gasteiger partial charge in [-0.05, 0) is 44.9 Å². The lowest BCUT2D eigenvalue weighted by molar-refractivity contribution is -0.870. The first-order chi connectivity index (χ1) is 37.5. The van der Waals surface area contributed by atoms with Crippen LogP contribution in [0.5, 0.6) is 0 Å². The van der Waals surface area contributed by atoms with Gasteiger partial charge in [-0.1, -0.05) is 308 Å². The molecule has 9 nitrogen and oxygen atoms in total. The van der Waals surface area contributed by atoms with Crippen molar-refractivity contribution in [2.24, 2.45) is 0 Å². The van der Waals surface area contributed by atoms with E-state index in [0.29, 0.717) is 17.4 Å². The molecule has 0 radical (unpaired) electrons. The molecular formula is C67H130NO8P. The van der Waals surface area contributed by atoms with Gasteiger partial charge in [0.1, 0.15) is 19.8 Å². The number of rotatable bonds is 63. The summed E-state index contributed by atoms with van der Waals surface area (Å²) in [6.07, 6.45) is 72.6. The van der Waals surface area contributed by atoms with Gasteiger partial charge in [-0.25, -0.2) is 0 Å². The largest absolute Gasteiger partial charge is 0.756 e. The van der Waals surface area contributed by atoms with Gasteiger partial charge < -0.3 is 27.9 Å². The predicted molar refractivity (Wildman–Crippen MR) is 328 cm³/mol.